The van der Waals surface area contributed by atoms with Crippen LogP contribution in [-0.2, 0) is 9.53 Å². The molecule has 21 heavy (non-hydrogen) atoms. The Morgan fingerprint density at radius 1 is 1.43 bits per heavy atom. The van der Waals surface area contributed by atoms with Gasteiger partial charge in [-0.3, -0.25) is 4.79 Å². The van der Waals surface area contributed by atoms with Gasteiger partial charge in [-0.15, -0.1) is 6.58 Å². The lowest BCUT2D eigenvalue weighted by atomic mass is 9.66. The third kappa shape index (κ3) is 3.52. The van der Waals surface area contributed by atoms with Gasteiger partial charge in [0.1, 0.15) is 0 Å². The van der Waals surface area contributed by atoms with Crippen molar-refractivity contribution in [2.75, 3.05) is 6.61 Å². The predicted octanol–water partition coefficient (Wildman–Crippen LogP) is 4.08. The number of ether oxygens (including phenoxy) is 1. The van der Waals surface area contributed by atoms with E-state index >= 15 is 0 Å². The molecule has 0 saturated heterocycles. The highest BCUT2D eigenvalue weighted by Gasteiger charge is 2.48. The number of hydrogen-bond donors (Lipinski definition) is 0. The molecular formula is C18H23NO2. The van der Waals surface area contributed by atoms with Crippen LogP contribution < -0.4 is 0 Å². The Balaban J connectivity index is 3.41. The van der Waals surface area contributed by atoms with Crippen LogP contribution in [0, 0.1) is 22.7 Å². The molecule has 0 amide bonds. The summed E-state index contributed by atoms with van der Waals surface area (Å²) in [6.07, 6.45) is 1.90. The molecule has 0 aliphatic carbocycles. The van der Waals surface area contributed by atoms with Crippen molar-refractivity contribution in [3.05, 3.63) is 48.6 Å². The SMILES string of the molecule is C=CC[C@@](C#N)(C(=O)OCC)[C@H](c1ccccc1)C(C)C. The molecule has 0 aliphatic heterocycles. The van der Waals surface area contributed by atoms with Crippen molar-refractivity contribution in [3.63, 3.8) is 0 Å². The first-order valence-corrected chi connectivity index (χ1v) is 7.27. The Hall–Kier alpha value is -2.08. The van der Waals surface area contributed by atoms with Crippen molar-refractivity contribution < 1.29 is 9.53 Å². The summed E-state index contributed by atoms with van der Waals surface area (Å²) in [5.74, 6) is -0.577. The molecule has 0 fully saturated rings. The molecule has 0 aliphatic rings. The van der Waals surface area contributed by atoms with Gasteiger partial charge in [-0.1, -0.05) is 50.3 Å². The van der Waals surface area contributed by atoms with Gasteiger partial charge >= 0.3 is 5.97 Å². The van der Waals surface area contributed by atoms with Crippen LogP contribution in [0.2, 0.25) is 0 Å². The highest BCUT2D eigenvalue weighted by atomic mass is 16.5. The maximum Gasteiger partial charge on any atom is 0.327 e. The minimum atomic E-state index is -1.23. The molecule has 0 spiro atoms. The second-order valence-corrected chi connectivity index (χ2v) is 5.43. The molecule has 0 aromatic heterocycles. The summed E-state index contributed by atoms with van der Waals surface area (Å²) in [5, 5.41) is 9.79. The Bertz CT molecular complexity index is 516. The maximum atomic E-state index is 12.5. The third-order valence-electron chi connectivity index (χ3n) is 3.66. The van der Waals surface area contributed by atoms with Gasteiger partial charge in [-0.25, -0.2) is 0 Å². The monoisotopic (exact) mass is 285 g/mol. The number of carbonyl (C=O) groups is 1. The van der Waals surface area contributed by atoms with Crippen molar-refractivity contribution in [2.24, 2.45) is 11.3 Å². The van der Waals surface area contributed by atoms with Crippen molar-refractivity contribution in [1.82, 2.24) is 0 Å². The lowest BCUT2D eigenvalue weighted by Gasteiger charge is -2.35. The summed E-state index contributed by atoms with van der Waals surface area (Å²) in [7, 11) is 0. The first-order valence-electron chi connectivity index (χ1n) is 7.27. The zero-order valence-electron chi connectivity index (χ0n) is 13.0. The molecule has 1 rings (SSSR count). The first kappa shape index (κ1) is 17.0. The summed E-state index contributed by atoms with van der Waals surface area (Å²) in [4.78, 5) is 12.5. The van der Waals surface area contributed by atoms with E-state index in [1.165, 1.54) is 0 Å². The number of esters is 1. The van der Waals surface area contributed by atoms with E-state index in [1.54, 1.807) is 13.0 Å². The van der Waals surface area contributed by atoms with Crippen LogP contribution in [0.4, 0.5) is 0 Å². The molecule has 0 radical (unpaired) electrons. The predicted molar refractivity (Wildman–Crippen MR) is 83.5 cm³/mol. The van der Waals surface area contributed by atoms with Gasteiger partial charge in [0.05, 0.1) is 12.7 Å². The average molecular weight is 285 g/mol. The number of benzene rings is 1. The molecule has 3 heteroatoms. The molecule has 0 unspecified atom stereocenters. The van der Waals surface area contributed by atoms with Gasteiger partial charge in [0, 0.05) is 5.92 Å². The Morgan fingerprint density at radius 3 is 2.48 bits per heavy atom. The van der Waals surface area contributed by atoms with Gasteiger partial charge in [0.25, 0.3) is 0 Å². The van der Waals surface area contributed by atoms with Crippen LogP contribution in [0.5, 0.6) is 0 Å². The minimum Gasteiger partial charge on any atom is -0.465 e. The lowest BCUT2D eigenvalue weighted by molar-refractivity contribution is -0.153. The van der Waals surface area contributed by atoms with Crippen molar-refractivity contribution >= 4 is 5.97 Å². The Morgan fingerprint density at radius 2 is 2.05 bits per heavy atom. The van der Waals surface area contributed by atoms with Gasteiger partial charge < -0.3 is 4.74 Å². The second kappa shape index (κ2) is 7.64. The first-order chi connectivity index (χ1) is 10.0. The quantitative estimate of drug-likeness (QED) is 0.560. The molecule has 1 aromatic carbocycles. The number of nitriles is 1. The van der Waals surface area contributed by atoms with Crippen LogP contribution in [-0.4, -0.2) is 12.6 Å². The largest absolute Gasteiger partial charge is 0.465 e. The molecule has 3 nitrogen and oxygen atoms in total. The molecular weight excluding hydrogens is 262 g/mol. The molecule has 2 atom stereocenters. The molecule has 1 aromatic rings. The molecule has 112 valence electrons. The highest BCUT2D eigenvalue weighted by Crippen LogP contribution is 2.44. The molecule has 0 bridgehead atoms. The fourth-order valence-corrected chi connectivity index (χ4v) is 2.88. The zero-order chi connectivity index (χ0) is 15.9. The Labute approximate surface area is 127 Å². The smallest absolute Gasteiger partial charge is 0.327 e. The van der Waals surface area contributed by atoms with Gasteiger partial charge in [0.2, 0.25) is 0 Å². The van der Waals surface area contributed by atoms with E-state index in [9.17, 15) is 10.1 Å². The van der Waals surface area contributed by atoms with Gasteiger partial charge in [-0.2, -0.15) is 5.26 Å². The minimum absolute atomic E-state index is 0.122. The number of allylic oxidation sites excluding steroid dienone is 1. The summed E-state index contributed by atoms with van der Waals surface area (Å²) in [6.45, 7) is 9.77. The van der Waals surface area contributed by atoms with E-state index in [4.69, 9.17) is 4.74 Å². The fourth-order valence-electron chi connectivity index (χ4n) is 2.88. The zero-order valence-corrected chi connectivity index (χ0v) is 13.0. The normalized spacial score (nSPS) is 14.8. The van der Waals surface area contributed by atoms with Crippen LogP contribution in [0.1, 0.15) is 38.7 Å². The summed E-state index contributed by atoms with van der Waals surface area (Å²) >= 11 is 0. The van der Waals surface area contributed by atoms with E-state index in [2.05, 4.69) is 12.6 Å². The average Bonchev–Trinajstić information content (AvgIpc) is 2.47. The number of nitrogens with zero attached hydrogens (tertiary/aromatic N) is 1. The third-order valence-corrected chi connectivity index (χ3v) is 3.66. The fraction of sp³-hybridized carbons (Fsp3) is 0.444. The molecule has 0 heterocycles. The van der Waals surface area contributed by atoms with E-state index in [0.717, 1.165) is 5.56 Å². The number of rotatable bonds is 7. The van der Waals surface area contributed by atoms with E-state index < -0.39 is 11.4 Å². The van der Waals surface area contributed by atoms with Crippen molar-refractivity contribution in [1.29, 1.82) is 5.26 Å². The topological polar surface area (TPSA) is 50.1 Å². The van der Waals surface area contributed by atoms with Crippen LogP contribution in [0.25, 0.3) is 0 Å². The summed E-state index contributed by atoms with van der Waals surface area (Å²) in [5.41, 5.74) is -0.253. The highest BCUT2D eigenvalue weighted by molar-refractivity contribution is 5.82. The standard InChI is InChI=1S/C18H23NO2/c1-5-12-18(13-19,17(20)21-6-2)16(14(3)4)15-10-8-7-9-11-15/h5,7-11,14,16H,1,6,12H2,2-4H3/t16-,18-/m0/s1. The van der Waals surface area contributed by atoms with Crippen LogP contribution >= 0.6 is 0 Å². The number of hydrogen-bond acceptors (Lipinski definition) is 3. The van der Waals surface area contributed by atoms with E-state index in [-0.39, 0.29) is 24.9 Å². The van der Waals surface area contributed by atoms with Crippen molar-refractivity contribution in [2.45, 2.75) is 33.1 Å². The molecule has 0 saturated carbocycles. The van der Waals surface area contributed by atoms with Crippen LogP contribution in [0.15, 0.2) is 43.0 Å². The van der Waals surface area contributed by atoms with Crippen molar-refractivity contribution in [3.8, 4) is 6.07 Å². The second-order valence-electron chi connectivity index (χ2n) is 5.43. The summed E-state index contributed by atoms with van der Waals surface area (Å²) < 4.78 is 5.19. The van der Waals surface area contributed by atoms with Gasteiger partial charge in [-0.05, 0) is 24.8 Å². The Kier molecular flexibility index (Phi) is 6.17. The van der Waals surface area contributed by atoms with Crippen LogP contribution in [0.3, 0.4) is 0 Å². The lowest BCUT2D eigenvalue weighted by Crippen LogP contribution is -2.39. The number of carbonyl (C=O) groups excluding carboxylic acids is 1. The van der Waals surface area contributed by atoms with Gasteiger partial charge in [0.15, 0.2) is 5.41 Å². The summed E-state index contributed by atoms with van der Waals surface area (Å²) in [6, 6.07) is 11.9. The molecule has 0 N–H and O–H groups in total. The van der Waals surface area contributed by atoms with E-state index in [1.807, 2.05) is 44.2 Å². The maximum absolute atomic E-state index is 12.5. The van der Waals surface area contributed by atoms with E-state index in [0.29, 0.717) is 0 Å².